The third-order valence-corrected chi connectivity index (χ3v) is 3.51. The monoisotopic (exact) mass is 290 g/mol. The predicted octanol–water partition coefficient (Wildman–Crippen LogP) is 0.939. The highest BCUT2D eigenvalue weighted by Crippen LogP contribution is 2.25. The first-order valence-corrected chi connectivity index (χ1v) is 6.86. The Balaban J connectivity index is 1.96. The van der Waals surface area contributed by atoms with Crippen LogP contribution >= 0.6 is 0 Å². The van der Waals surface area contributed by atoms with Crippen molar-refractivity contribution in [2.24, 2.45) is 5.92 Å². The molecule has 21 heavy (non-hydrogen) atoms. The lowest BCUT2D eigenvalue weighted by atomic mass is 10.1. The molecule has 0 bridgehead atoms. The summed E-state index contributed by atoms with van der Waals surface area (Å²) in [7, 11) is 0. The van der Waals surface area contributed by atoms with Crippen molar-refractivity contribution in [1.82, 2.24) is 5.32 Å². The fraction of sp³-hybridized carbons (Fsp3) is 0.400. The number of nitrogens with one attached hydrogen (secondary N) is 1. The van der Waals surface area contributed by atoms with Gasteiger partial charge in [-0.1, -0.05) is 17.7 Å². The van der Waals surface area contributed by atoms with Crippen LogP contribution in [-0.4, -0.2) is 36.0 Å². The van der Waals surface area contributed by atoms with Crippen molar-refractivity contribution in [3.05, 3.63) is 29.8 Å². The van der Waals surface area contributed by atoms with Gasteiger partial charge in [-0.25, -0.2) is 0 Å². The van der Waals surface area contributed by atoms with Gasteiger partial charge in [0.25, 0.3) is 0 Å². The minimum absolute atomic E-state index is 0.0441. The lowest BCUT2D eigenvalue weighted by Crippen LogP contribution is -2.37. The fourth-order valence-electron chi connectivity index (χ4n) is 2.32. The Labute approximate surface area is 122 Å². The number of carbonyl (C=O) groups is 3. The van der Waals surface area contributed by atoms with Gasteiger partial charge in [-0.3, -0.25) is 14.4 Å². The van der Waals surface area contributed by atoms with Crippen LogP contribution in [0.15, 0.2) is 24.3 Å². The second kappa shape index (κ2) is 6.39. The highest BCUT2D eigenvalue weighted by atomic mass is 16.4. The second-order valence-corrected chi connectivity index (χ2v) is 5.10. The average molecular weight is 290 g/mol. The molecule has 1 saturated heterocycles. The average Bonchev–Trinajstić information content (AvgIpc) is 2.81. The van der Waals surface area contributed by atoms with Gasteiger partial charge in [0.2, 0.25) is 11.8 Å². The first-order valence-electron chi connectivity index (χ1n) is 6.86. The van der Waals surface area contributed by atoms with Crippen LogP contribution in [0.3, 0.4) is 0 Å². The van der Waals surface area contributed by atoms with Crippen molar-refractivity contribution in [2.45, 2.75) is 19.8 Å². The van der Waals surface area contributed by atoms with Crippen LogP contribution in [0, 0.1) is 12.8 Å². The molecule has 2 rings (SSSR count). The maximum Gasteiger partial charge on any atom is 0.305 e. The van der Waals surface area contributed by atoms with Crippen LogP contribution in [0.1, 0.15) is 18.4 Å². The molecule has 6 nitrogen and oxygen atoms in total. The number of carbonyl (C=O) groups excluding carboxylic acids is 2. The second-order valence-electron chi connectivity index (χ2n) is 5.10. The molecular formula is C15H18N2O4. The first-order chi connectivity index (χ1) is 9.99. The van der Waals surface area contributed by atoms with Gasteiger partial charge in [0.1, 0.15) is 5.92 Å². The number of aryl methyl sites for hydroxylation is 1. The minimum atomic E-state index is -0.977. The summed E-state index contributed by atoms with van der Waals surface area (Å²) in [5.41, 5.74) is 1.89. The summed E-state index contributed by atoms with van der Waals surface area (Å²) in [4.78, 5) is 36.2. The maximum atomic E-state index is 12.3. The minimum Gasteiger partial charge on any atom is -0.481 e. The van der Waals surface area contributed by atoms with E-state index >= 15 is 0 Å². The Morgan fingerprint density at radius 3 is 2.62 bits per heavy atom. The molecule has 2 amide bonds. The molecule has 0 aromatic heterocycles. The standard InChI is InChI=1S/C15H18N2O4/c1-10-2-4-11(5-3-10)17-9-7-12(15(17)21)14(20)16-8-6-13(18)19/h2-5,12H,6-9H2,1H3,(H,16,20)(H,18,19)/t12-/m0/s1. The van der Waals surface area contributed by atoms with E-state index < -0.39 is 17.8 Å². The van der Waals surface area contributed by atoms with E-state index in [0.717, 1.165) is 11.3 Å². The van der Waals surface area contributed by atoms with E-state index in [1.807, 2.05) is 31.2 Å². The van der Waals surface area contributed by atoms with E-state index in [-0.39, 0.29) is 18.9 Å². The van der Waals surface area contributed by atoms with Crippen molar-refractivity contribution in [3.63, 3.8) is 0 Å². The molecule has 112 valence electrons. The maximum absolute atomic E-state index is 12.3. The summed E-state index contributed by atoms with van der Waals surface area (Å²) in [5.74, 6) is -2.32. The zero-order valence-electron chi connectivity index (χ0n) is 11.8. The van der Waals surface area contributed by atoms with Crippen molar-refractivity contribution in [1.29, 1.82) is 0 Å². The number of anilines is 1. The van der Waals surface area contributed by atoms with Crippen molar-refractivity contribution >= 4 is 23.5 Å². The Hall–Kier alpha value is -2.37. The van der Waals surface area contributed by atoms with Gasteiger partial charge in [0.05, 0.1) is 6.42 Å². The molecule has 6 heteroatoms. The van der Waals surface area contributed by atoms with E-state index in [2.05, 4.69) is 5.32 Å². The van der Waals surface area contributed by atoms with E-state index in [4.69, 9.17) is 5.11 Å². The number of amides is 2. The van der Waals surface area contributed by atoms with Gasteiger partial charge in [-0.05, 0) is 25.5 Å². The third kappa shape index (κ3) is 3.59. The van der Waals surface area contributed by atoms with E-state index in [0.29, 0.717) is 13.0 Å². The number of hydrogen-bond donors (Lipinski definition) is 2. The summed E-state index contributed by atoms with van der Waals surface area (Å²) < 4.78 is 0. The lowest BCUT2D eigenvalue weighted by Gasteiger charge is -2.17. The van der Waals surface area contributed by atoms with E-state index in [1.165, 1.54) is 0 Å². The van der Waals surface area contributed by atoms with Gasteiger partial charge in [0, 0.05) is 18.8 Å². The molecule has 2 N–H and O–H groups in total. The normalized spacial score (nSPS) is 17.9. The van der Waals surface area contributed by atoms with Crippen LogP contribution in [-0.2, 0) is 14.4 Å². The van der Waals surface area contributed by atoms with Gasteiger partial charge in [0.15, 0.2) is 0 Å². The molecule has 1 aromatic rings. The van der Waals surface area contributed by atoms with E-state index in [9.17, 15) is 14.4 Å². The number of benzene rings is 1. The Kier molecular flexibility index (Phi) is 4.57. The third-order valence-electron chi connectivity index (χ3n) is 3.51. The lowest BCUT2D eigenvalue weighted by molar-refractivity contribution is -0.137. The van der Waals surface area contributed by atoms with Crippen LogP contribution < -0.4 is 10.2 Å². The SMILES string of the molecule is Cc1ccc(N2CC[C@@H](C(=O)NCCC(=O)O)C2=O)cc1. The fourth-order valence-corrected chi connectivity index (χ4v) is 2.32. The smallest absolute Gasteiger partial charge is 0.305 e. The van der Waals surface area contributed by atoms with Crippen molar-refractivity contribution in [3.8, 4) is 0 Å². The summed E-state index contributed by atoms with van der Waals surface area (Å²) in [6.07, 6.45) is 0.305. The molecule has 0 radical (unpaired) electrons. The quantitative estimate of drug-likeness (QED) is 0.790. The zero-order chi connectivity index (χ0) is 15.4. The molecule has 1 aliphatic rings. The number of nitrogens with zero attached hydrogens (tertiary/aromatic N) is 1. The topological polar surface area (TPSA) is 86.7 Å². The van der Waals surface area contributed by atoms with Crippen molar-refractivity contribution in [2.75, 3.05) is 18.0 Å². The van der Waals surface area contributed by atoms with Gasteiger partial charge >= 0.3 is 5.97 Å². The van der Waals surface area contributed by atoms with Gasteiger partial charge in [-0.15, -0.1) is 0 Å². The van der Waals surface area contributed by atoms with Crippen LogP contribution in [0.4, 0.5) is 5.69 Å². The van der Waals surface area contributed by atoms with Crippen LogP contribution in [0.25, 0.3) is 0 Å². The summed E-state index contributed by atoms with van der Waals surface area (Å²) in [5, 5.41) is 11.0. The summed E-state index contributed by atoms with van der Waals surface area (Å²) >= 11 is 0. The number of rotatable bonds is 5. The van der Waals surface area contributed by atoms with Crippen molar-refractivity contribution < 1.29 is 19.5 Å². The predicted molar refractivity (Wildman–Crippen MR) is 76.9 cm³/mol. The Bertz CT molecular complexity index is 553. The van der Waals surface area contributed by atoms with Gasteiger partial charge < -0.3 is 15.3 Å². The molecule has 1 aromatic carbocycles. The first kappa shape index (κ1) is 15.0. The summed E-state index contributed by atoms with van der Waals surface area (Å²) in [6, 6.07) is 7.56. The number of carboxylic acid groups (broad SMARTS) is 1. The number of aliphatic carboxylic acids is 1. The molecule has 1 atom stereocenters. The van der Waals surface area contributed by atoms with Crippen LogP contribution in [0.5, 0.6) is 0 Å². The van der Waals surface area contributed by atoms with Gasteiger partial charge in [-0.2, -0.15) is 0 Å². The molecule has 0 unspecified atom stereocenters. The molecule has 1 aliphatic heterocycles. The number of hydrogen-bond acceptors (Lipinski definition) is 3. The molecule has 0 saturated carbocycles. The summed E-state index contributed by atoms with van der Waals surface area (Å²) in [6.45, 7) is 2.51. The molecule has 1 fully saturated rings. The largest absolute Gasteiger partial charge is 0.481 e. The number of carboxylic acids is 1. The van der Waals surface area contributed by atoms with E-state index in [1.54, 1.807) is 4.90 Å². The molecule has 1 heterocycles. The highest BCUT2D eigenvalue weighted by Gasteiger charge is 2.37. The zero-order valence-corrected chi connectivity index (χ0v) is 11.8. The Morgan fingerprint density at radius 1 is 1.33 bits per heavy atom. The Morgan fingerprint density at radius 2 is 2.00 bits per heavy atom. The van der Waals surface area contributed by atoms with Crippen LogP contribution in [0.2, 0.25) is 0 Å². The highest BCUT2D eigenvalue weighted by molar-refractivity contribution is 6.09. The molecular weight excluding hydrogens is 272 g/mol. The molecule has 0 spiro atoms. The molecule has 0 aliphatic carbocycles.